The van der Waals surface area contributed by atoms with Crippen molar-refractivity contribution in [1.29, 1.82) is 0 Å². The number of nitrogens with one attached hydrogen (secondary N) is 2. The Balaban J connectivity index is 1.38. The lowest BCUT2D eigenvalue weighted by Crippen LogP contribution is -3.11. The molecule has 0 saturated carbocycles. The summed E-state index contributed by atoms with van der Waals surface area (Å²) in [6.07, 6.45) is 2.34. The van der Waals surface area contributed by atoms with Crippen molar-refractivity contribution in [2.45, 2.75) is 37.6 Å². The van der Waals surface area contributed by atoms with E-state index >= 15 is 0 Å². The average Bonchev–Trinajstić information content (AvgIpc) is 3.25. The molecular formula is C26H29N4O4S2+. The van der Waals surface area contributed by atoms with E-state index in [1.807, 2.05) is 24.3 Å². The van der Waals surface area contributed by atoms with Crippen LogP contribution in [0.15, 0.2) is 53.4 Å². The molecule has 8 nitrogen and oxygen atoms in total. The quantitative estimate of drug-likeness (QED) is 0.458. The third-order valence-corrected chi connectivity index (χ3v) is 9.95. The zero-order chi connectivity index (χ0) is 25.4. The summed E-state index contributed by atoms with van der Waals surface area (Å²) in [6.45, 7) is 5.25. The molecule has 36 heavy (non-hydrogen) atoms. The van der Waals surface area contributed by atoms with Crippen molar-refractivity contribution in [3.63, 3.8) is 0 Å². The first-order valence-corrected chi connectivity index (χ1v) is 14.3. The molecule has 0 fully saturated rings. The molecule has 2 aliphatic heterocycles. The van der Waals surface area contributed by atoms with E-state index in [9.17, 15) is 18.0 Å². The highest BCUT2D eigenvalue weighted by Crippen LogP contribution is 2.35. The van der Waals surface area contributed by atoms with Gasteiger partial charge in [0, 0.05) is 18.5 Å². The highest BCUT2D eigenvalue weighted by atomic mass is 32.2. The van der Waals surface area contributed by atoms with Gasteiger partial charge in [0.05, 0.1) is 34.1 Å². The number of carbonyl (C=O) groups excluding carboxylic acids is 2. The molecule has 188 valence electrons. The molecule has 2 amide bonds. The summed E-state index contributed by atoms with van der Waals surface area (Å²) < 4.78 is 28.2. The van der Waals surface area contributed by atoms with Crippen molar-refractivity contribution in [2.75, 3.05) is 29.3 Å². The van der Waals surface area contributed by atoms with E-state index in [1.165, 1.54) is 44.8 Å². The summed E-state index contributed by atoms with van der Waals surface area (Å²) in [5, 5.41) is 3.30. The summed E-state index contributed by atoms with van der Waals surface area (Å²) in [7, 11) is -3.76. The number of aryl methyl sites for hydroxylation is 1. The van der Waals surface area contributed by atoms with Crippen LogP contribution in [0, 0.1) is 0 Å². The fourth-order valence-electron chi connectivity index (χ4n) is 5.02. The Hall–Kier alpha value is -3.21. The molecule has 0 radical (unpaired) electrons. The molecule has 1 unspecified atom stereocenters. The molecule has 2 aliphatic rings. The van der Waals surface area contributed by atoms with Crippen LogP contribution >= 0.6 is 11.3 Å². The second-order valence-electron chi connectivity index (χ2n) is 9.14. The Bertz CT molecular complexity index is 1430. The summed E-state index contributed by atoms with van der Waals surface area (Å²) in [6, 6.07) is 13.4. The number of benzene rings is 2. The van der Waals surface area contributed by atoms with Crippen molar-refractivity contribution in [3.05, 3.63) is 75.7 Å². The van der Waals surface area contributed by atoms with Crippen LogP contribution in [0.4, 0.5) is 10.7 Å². The van der Waals surface area contributed by atoms with E-state index in [4.69, 9.17) is 5.73 Å². The largest absolute Gasteiger partial charge is 0.365 e. The van der Waals surface area contributed by atoms with Gasteiger partial charge in [-0.2, -0.15) is 0 Å². The maximum absolute atomic E-state index is 13.4. The third-order valence-electron chi connectivity index (χ3n) is 6.98. The van der Waals surface area contributed by atoms with Crippen LogP contribution in [0.1, 0.15) is 50.1 Å². The molecule has 1 atom stereocenters. The lowest BCUT2D eigenvalue weighted by molar-refractivity contribution is -0.913. The molecule has 0 spiro atoms. The first kappa shape index (κ1) is 24.5. The van der Waals surface area contributed by atoms with E-state index in [-0.39, 0.29) is 4.90 Å². The van der Waals surface area contributed by atoms with Gasteiger partial charge in [-0.3, -0.25) is 13.9 Å². The highest BCUT2D eigenvalue weighted by molar-refractivity contribution is 7.92. The number of carbonyl (C=O) groups is 2. The molecule has 3 heterocycles. The molecule has 0 bridgehead atoms. The van der Waals surface area contributed by atoms with Gasteiger partial charge in [0.1, 0.15) is 11.5 Å². The Morgan fingerprint density at radius 3 is 2.58 bits per heavy atom. The lowest BCUT2D eigenvalue weighted by atomic mass is 10.0. The summed E-state index contributed by atoms with van der Waals surface area (Å²) in [5.41, 5.74) is 9.01. The number of nitrogens with two attached hydrogens (primary N) is 1. The third kappa shape index (κ3) is 4.40. The molecule has 1 aromatic heterocycles. The monoisotopic (exact) mass is 525 g/mol. The second kappa shape index (κ2) is 9.68. The van der Waals surface area contributed by atoms with Gasteiger partial charge in [-0.25, -0.2) is 8.42 Å². The van der Waals surface area contributed by atoms with Gasteiger partial charge >= 0.3 is 0 Å². The molecule has 5 rings (SSSR count). The number of hydrogen-bond donors (Lipinski definition) is 3. The minimum absolute atomic E-state index is 0.128. The predicted octanol–water partition coefficient (Wildman–Crippen LogP) is 2.20. The van der Waals surface area contributed by atoms with Crippen LogP contribution < -0.4 is 20.3 Å². The van der Waals surface area contributed by atoms with Crippen LogP contribution in [-0.4, -0.2) is 39.9 Å². The minimum Gasteiger partial charge on any atom is -0.365 e. The maximum atomic E-state index is 13.4. The van der Waals surface area contributed by atoms with Crippen LogP contribution in [0.25, 0.3) is 0 Å². The Labute approximate surface area is 214 Å². The topological polar surface area (TPSA) is 114 Å². The summed E-state index contributed by atoms with van der Waals surface area (Å²) in [4.78, 5) is 27.9. The van der Waals surface area contributed by atoms with Gasteiger partial charge in [0.15, 0.2) is 0 Å². The van der Waals surface area contributed by atoms with E-state index in [0.29, 0.717) is 28.4 Å². The van der Waals surface area contributed by atoms with Crippen LogP contribution in [0.3, 0.4) is 0 Å². The van der Waals surface area contributed by atoms with Gasteiger partial charge in [0.2, 0.25) is 0 Å². The molecule has 0 saturated heterocycles. The molecule has 10 heteroatoms. The van der Waals surface area contributed by atoms with Gasteiger partial charge in [0.25, 0.3) is 21.8 Å². The first-order chi connectivity index (χ1) is 17.3. The first-order valence-electron chi connectivity index (χ1n) is 12.1. The number of anilines is 2. The number of para-hydroxylation sites is 1. The van der Waals surface area contributed by atoms with Gasteiger partial charge in [-0.15, -0.1) is 11.3 Å². The number of thiophene rings is 1. The molecule has 4 N–H and O–H groups in total. The number of nitrogens with zero attached hydrogens (tertiary/aromatic N) is 1. The Morgan fingerprint density at radius 2 is 1.86 bits per heavy atom. The normalized spacial score (nSPS) is 17.2. The SMILES string of the molecule is CC[NH+]1CCc2c(sc(NC(=O)c3ccc(S(=O)(=O)N4CCCc5ccccc54)cc3)c2C(N)=O)C1. The van der Waals surface area contributed by atoms with Crippen molar-refractivity contribution < 1.29 is 22.9 Å². The standard InChI is InChI=1S/C26H28N4O4S2/c1-2-29-15-13-20-22(16-29)35-26(23(20)24(27)31)28-25(32)18-9-11-19(12-10-18)36(33,34)30-14-5-7-17-6-3-4-8-21(17)30/h3-4,6,8-12H,2,5,7,13-16H2,1H3,(H2,27,31)(H,28,32)/p+1. The van der Waals surface area contributed by atoms with Crippen molar-refractivity contribution >= 4 is 43.9 Å². The average molecular weight is 526 g/mol. The number of rotatable bonds is 6. The maximum Gasteiger partial charge on any atom is 0.264 e. The minimum atomic E-state index is -3.76. The molecule has 3 aromatic rings. The fourth-order valence-corrected chi connectivity index (χ4v) is 7.88. The van der Waals surface area contributed by atoms with Crippen LogP contribution in [0.5, 0.6) is 0 Å². The van der Waals surface area contributed by atoms with E-state index in [1.54, 1.807) is 0 Å². The van der Waals surface area contributed by atoms with E-state index < -0.39 is 21.8 Å². The zero-order valence-electron chi connectivity index (χ0n) is 20.0. The van der Waals surface area contributed by atoms with Crippen LogP contribution in [-0.2, 0) is 29.4 Å². The predicted molar refractivity (Wildman–Crippen MR) is 140 cm³/mol. The molecular weight excluding hydrogens is 496 g/mol. The number of primary amides is 1. The number of fused-ring (bicyclic) bond motifs is 2. The van der Waals surface area contributed by atoms with Crippen molar-refractivity contribution in [1.82, 2.24) is 0 Å². The number of quaternary nitrogens is 1. The van der Waals surface area contributed by atoms with Crippen LogP contribution in [0.2, 0.25) is 0 Å². The molecule has 0 aliphatic carbocycles. The number of hydrogen-bond acceptors (Lipinski definition) is 5. The van der Waals surface area contributed by atoms with Gasteiger partial charge < -0.3 is 16.0 Å². The highest BCUT2D eigenvalue weighted by Gasteiger charge is 2.31. The van der Waals surface area contributed by atoms with Gasteiger partial charge in [-0.05, 0) is 61.2 Å². The number of amides is 2. The van der Waals surface area contributed by atoms with Crippen molar-refractivity contribution in [2.24, 2.45) is 5.73 Å². The number of likely N-dealkylation sites (N-methyl/N-ethyl adjacent to an activating group) is 1. The van der Waals surface area contributed by atoms with Crippen molar-refractivity contribution in [3.8, 4) is 0 Å². The summed E-state index contributed by atoms with van der Waals surface area (Å²) in [5.74, 6) is -0.964. The summed E-state index contributed by atoms with van der Waals surface area (Å²) >= 11 is 1.40. The smallest absolute Gasteiger partial charge is 0.264 e. The molecule has 2 aromatic carbocycles. The zero-order valence-corrected chi connectivity index (χ0v) is 21.7. The Morgan fingerprint density at radius 1 is 1.11 bits per heavy atom. The number of sulfonamides is 1. The fraction of sp³-hybridized carbons (Fsp3) is 0.308. The Kier molecular flexibility index (Phi) is 6.59. The second-order valence-corrected chi connectivity index (χ2v) is 12.1. The van der Waals surface area contributed by atoms with E-state index in [0.717, 1.165) is 54.9 Å². The lowest BCUT2D eigenvalue weighted by Gasteiger charge is -2.30. The van der Waals surface area contributed by atoms with Gasteiger partial charge in [-0.1, -0.05) is 18.2 Å². The van der Waals surface area contributed by atoms with E-state index in [2.05, 4.69) is 12.2 Å².